The molecule has 2 heterocycles. The largest absolute Gasteiger partial charge is 0.396 e. The molecule has 2 N–H and O–H groups in total. The molecule has 4 heteroatoms. The van der Waals surface area contributed by atoms with Gasteiger partial charge in [-0.25, -0.2) is 4.98 Å². The van der Waals surface area contributed by atoms with E-state index in [1.807, 2.05) is 12.2 Å². The highest BCUT2D eigenvalue weighted by Gasteiger charge is 2.22. The van der Waals surface area contributed by atoms with Gasteiger partial charge in [0.05, 0.1) is 6.54 Å². The number of aliphatic hydroxyl groups excluding tert-OH is 1. The van der Waals surface area contributed by atoms with Crippen LogP contribution >= 0.6 is 0 Å². The molecule has 0 fully saturated rings. The molecule has 1 aromatic carbocycles. The Kier molecular flexibility index (Phi) is 5.39. The van der Waals surface area contributed by atoms with Crippen molar-refractivity contribution in [1.82, 2.24) is 9.55 Å². The van der Waals surface area contributed by atoms with Gasteiger partial charge >= 0.3 is 0 Å². The van der Waals surface area contributed by atoms with Crippen molar-refractivity contribution in [3.63, 3.8) is 0 Å². The van der Waals surface area contributed by atoms with Gasteiger partial charge in [0, 0.05) is 19.1 Å². The summed E-state index contributed by atoms with van der Waals surface area (Å²) in [5, 5.41) is 12.4. The van der Waals surface area contributed by atoms with E-state index in [-0.39, 0.29) is 6.61 Å². The smallest absolute Gasteiger partial charge is 0.134 e. The summed E-state index contributed by atoms with van der Waals surface area (Å²) >= 11 is 0. The van der Waals surface area contributed by atoms with Gasteiger partial charge in [-0.05, 0) is 37.0 Å². The average molecular weight is 337 g/mol. The SMILES string of the molecule is CCc1nc2c(n1Cc1ccc(/C=C/CCO)cc1)NC(C)C=C2C. The van der Waals surface area contributed by atoms with Crippen molar-refractivity contribution in [1.29, 1.82) is 0 Å². The van der Waals surface area contributed by atoms with Crippen LogP contribution in [0.25, 0.3) is 11.6 Å². The molecule has 132 valence electrons. The number of anilines is 1. The number of aryl methyl sites for hydroxylation is 1. The Labute approximate surface area is 149 Å². The van der Waals surface area contributed by atoms with Crippen LogP contribution < -0.4 is 5.32 Å². The molecule has 25 heavy (non-hydrogen) atoms. The Bertz CT molecular complexity index is 784. The van der Waals surface area contributed by atoms with Gasteiger partial charge in [0.15, 0.2) is 0 Å². The van der Waals surface area contributed by atoms with Crippen molar-refractivity contribution in [3.8, 4) is 0 Å². The van der Waals surface area contributed by atoms with Gasteiger partial charge in [0.25, 0.3) is 0 Å². The Morgan fingerprint density at radius 1 is 1.28 bits per heavy atom. The van der Waals surface area contributed by atoms with E-state index >= 15 is 0 Å². The first-order chi connectivity index (χ1) is 12.1. The zero-order valence-corrected chi connectivity index (χ0v) is 15.3. The number of fused-ring (bicyclic) bond motifs is 1. The summed E-state index contributed by atoms with van der Waals surface area (Å²) in [6.07, 6.45) is 7.88. The van der Waals surface area contributed by atoms with Gasteiger partial charge in [0.2, 0.25) is 0 Å². The van der Waals surface area contributed by atoms with Gasteiger partial charge in [-0.2, -0.15) is 0 Å². The third-order valence-electron chi connectivity index (χ3n) is 4.53. The minimum Gasteiger partial charge on any atom is -0.396 e. The first-order valence-corrected chi connectivity index (χ1v) is 9.03. The van der Waals surface area contributed by atoms with Crippen LogP contribution in [0.3, 0.4) is 0 Å². The maximum atomic E-state index is 8.85. The van der Waals surface area contributed by atoms with E-state index < -0.39 is 0 Å². The summed E-state index contributed by atoms with van der Waals surface area (Å²) in [5.74, 6) is 2.25. The second-order valence-corrected chi connectivity index (χ2v) is 6.60. The van der Waals surface area contributed by atoms with Crippen molar-refractivity contribution in [2.45, 2.75) is 46.2 Å². The van der Waals surface area contributed by atoms with Crippen LogP contribution in [-0.2, 0) is 13.0 Å². The number of aromatic nitrogens is 2. The van der Waals surface area contributed by atoms with E-state index in [0.29, 0.717) is 12.5 Å². The van der Waals surface area contributed by atoms with Gasteiger partial charge < -0.3 is 15.0 Å². The molecule has 0 amide bonds. The number of benzene rings is 1. The molecule has 0 spiro atoms. The predicted octanol–water partition coefficient (Wildman–Crippen LogP) is 4.11. The fourth-order valence-corrected chi connectivity index (χ4v) is 3.28. The molecule has 3 rings (SSSR count). The lowest BCUT2D eigenvalue weighted by Crippen LogP contribution is -2.20. The number of hydrogen-bond donors (Lipinski definition) is 2. The molecule has 2 aromatic rings. The normalized spacial score (nSPS) is 16.6. The third-order valence-corrected chi connectivity index (χ3v) is 4.53. The minimum absolute atomic E-state index is 0.194. The van der Waals surface area contributed by atoms with E-state index in [4.69, 9.17) is 10.1 Å². The maximum Gasteiger partial charge on any atom is 0.134 e. The van der Waals surface area contributed by atoms with Crippen molar-refractivity contribution < 1.29 is 5.11 Å². The van der Waals surface area contributed by atoms with E-state index in [2.05, 4.69) is 61.0 Å². The summed E-state index contributed by atoms with van der Waals surface area (Å²) in [5.41, 5.74) is 4.75. The van der Waals surface area contributed by atoms with Crippen LogP contribution in [0.4, 0.5) is 5.82 Å². The van der Waals surface area contributed by atoms with Crippen molar-refractivity contribution in [2.75, 3.05) is 11.9 Å². The molecular formula is C21H27N3O. The lowest BCUT2D eigenvalue weighted by Gasteiger charge is -2.21. The Morgan fingerprint density at radius 2 is 2.04 bits per heavy atom. The van der Waals surface area contributed by atoms with E-state index in [0.717, 1.165) is 35.9 Å². The molecule has 1 atom stereocenters. The predicted molar refractivity (Wildman–Crippen MR) is 105 cm³/mol. The van der Waals surface area contributed by atoms with Crippen molar-refractivity contribution in [3.05, 3.63) is 59.1 Å². The minimum atomic E-state index is 0.194. The number of imidazole rings is 1. The second kappa shape index (κ2) is 7.70. The zero-order chi connectivity index (χ0) is 17.8. The number of allylic oxidation sites excluding steroid dienone is 1. The van der Waals surface area contributed by atoms with Crippen molar-refractivity contribution >= 4 is 17.5 Å². The standard InChI is InChI=1S/C21H27N3O/c1-4-19-23-20-15(2)13-16(3)22-21(20)24(19)14-18-10-8-17(9-11-18)7-5-6-12-25/h5,7-11,13,16,22,25H,4,6,12,14H2,1-3H3/b7-5+. The summed E-state index contributed by atoms with van der Waals surface area (Å²) < 4.78 is 2.30. The quantitative estimate of drug-likeness (QED) is 0.834. The molecule has 0 saturated heterocycles. The summed E-state index contributed by atoms with van der Waals surface area (Å²) in [6, 6.07) is 8.91. The van der Waals surface area contributed by atoms with Crippen LogP contribution in [0, 0.1) is 0 Å². The maximum absolute atomic E-state index is 8.85. The molecule has 0 aliphatic carbocycles. The van der Waals surface area contributed by atoms with E-state index in [1.54, 1.807) is 0 Å². The first-order valence-electron chi connectivity index (χ1n) is 9.03. The number of nitrogens with one attached hydrogen (secondary N) is 1. The van der Waals surface area contributed by atoms with Crippen molar-refractivity contribution in [2.24, 2.45) is 0 Å². The van der Waals surface area contributed by atoms with E-state index in [1.165, 1.54) is 11.1 Å². The van der Waals surface area contributed by atoms with Crippen LogP contribution in [-0.4, -0.2) is 27.3 Å². The molecule has 0 bridgehead atoms. The number of hydrogen-bond acceptors (Lipinski definition) is 3. The van der Waals surface area contributed by atoms with Crippen LogP contribution in [0.15, 0.2) is 36.4 Å². The molecular weight excluding hydrogens is 310 g/mol. The Balaban J connectivity index is 1.85. The van der Waals surface area contributed by atoms with E-state index in [9.17, 15) is 0 Å². The highest BCUT2D eigenvalue weighted by molar-refractivity contribution is 5.75. The molecule has 0 saturated carbocycles. The number of aliphatic hydroxyl groups is 1. The fourth-order valence-electron chi connectivity index (χ4n) is 3.28. The fraction of sp³-hybridized carbons (Fsp3) is 0.381. The highest BCUT2D eigenvalue weighted by atomic mass is 16.2. The molecule has 1 unspecified atom stereocenters. The lowest BCUT2D eigenvalue weighted by molar-refractivity contribution is 0.303. The topological polar surface area (TPSA) is 50.1 Å². The molecule has 1 aliphatic rings. The summed E-state index contributed by atoms with van der Waals surface area (Å²) in [7, 11) is 0. The average Bonchev–Trinajstić information content (AvgIpc) is 2.95. The van der Waals surface area contributed by atoms with Gasteiger partial charge in [-0.3, -0.25) is 0 Å². The third kappa shape index (κ3) is 3.85. The van der Waals surface area contributed by atoms with Gasteiger partial charge in [-0.15, -0.1) is 0 Å². The van der Waals surface area contributed by atoms with Gasteiger partial charge in [0.1, 0.15) is 17.3 Å². The summed E-state index contributed by atoms with van der Waals surface area (Å²) in [4.78, 5) is 4.85. The molecule has 4 nitrogen and oxygen atoms in total. The van der Waals surface area contributed by atoms with Crippen LogP contribution in [0.1, 0.15) is 49.8 Å². The molecule has 1 aromatic heterocycles. The van der Waals surface area contributed by atoms with Gasteiger partial charge in [-0.1, -0.05) is 49.4 Å². The Morgan fingerprint density at radius 3 is 2.72 bits per heavy atom. The molecule has 1 aliphatic heterocycles. The monoisotopic (exact) mass is 337 g/mol. The number of nitrogens with zero attached hydrogens (tertiary/aromatic N) is 2. The molecule has 0 radical (unpaired) electrons. The Hall–Kier alpha value is -2.33. The van der Waals surface area contributed by atoms with Crippen LogP contribution in [0.2, 0.25) is 0 Å². The van der Waals surface area contributed by atoms with Crippen LogP contribution in [0.5, 0.6) is 0 Å². The lowest BCUT2D eigenvalue weighted by atomic mass is 10.1. The first kappa shape index (κ1) is 17.5. The highest BCUT2D eigenvalue weighted by Crippen LogP contribution is 2.31. The number of rotatable bonds is 6. The zero-order valence-electron chi connectivity index (χ0n) is 15.3. The second-order valence-electron chi connectivity index (χ2n) is 6.60. The summed E-state index contributed by atoms with van der Waals surface area (Å²) in [6.45, 7) is 7.48.